The molecule has 0 atom stereocenters. The lowest BCUT2D eigenvalue weighted by atomic mass is 10.1. The van der Waals surface area contributed by atoms with Gasteiger partial charge in [-0.2, -0.15) is 10.4 Å². The van der Waals surface area contributed by atoms with E-state index in [0.29, 0.717) is 25.9 Å². The summed E-state index contributed by atoms with van der Waals surface area (Å²) in [5.41, 5.74) is 3.78. The highest BCUT2D eigenvalue weighted by molar-refractivity contribution is 7.89. The largest absolute Gasteiger partial charge is 0.299 e. The summed E-state index contributed by atoms with van der Waals surface area (Å²) in [6, 6.07) is 15.6. The molecule has 2 aromatic carbocycles. The van der Waals surface area contributed by atoms with Crippen molar-refractivity contribution in [2.75, 3.05) is 13.6 Å². The van der Waals surface area contributed by atoms with Crippen molar-refractivity contribution in [1.29, 1.82) is 5.26 Å². The molecule has 1 heterocycles. The molecule has 0 fully saturated rings. The number of nitriles is 1. The highest BCUT2D eigenvalue weighted by atomic mass is 32.2. The first kappa shape index (κ1) is 22.6. The van der Waals surface area contributed by atoms with Crippen molar-refractivity contribution in [2.24, 2.45) is 5.14 Å². The summed E-state index contributed by atoms with van der Waals surface area (Å²) in [5.74, 6) is -0.732. The number of aryl methyl sites for hydroxylation is 1. The fraction of sp³-hybridized carbons (Fsp3) is 0.273. The minimum atomic E-state index is -4.01. The van der Waals surface area contributed by atoms with Crippen molar-refractivity contribution in [3.63, 3.8) is 0 Å². The second-order valence-electron chi connectivity index (χ2n) is 7.51. The highest BCUT2D eigenvalue weighted by Gasteiger charge is 2.17. The van der Waals surface area contributed by atoms with Crippen LogP contribution in [0.4, 0.5) is 4.39 Å². The van der Waals surface area contributed by atoms with Crippen LogP contribution >= 0.6 is 0 Å². The van der Waals surface area contributed by atoms with Crippen LogP contribution in [0.25, 0.3) is 5.69 Å². The molecule has 9 heteroatoms. The van der Waals surface area contributed by atoms with Gasteiger partial charge < -0.3 is 0 Å². The molecule has 0 aliphatic heterocycles. The molecule has 3 aromatic rings. The molecule has 0 amide bonds. The van der Waals surface area contributed by atoms with Crippen molar-refractivity contribution >= 4 is 10.0 Å². The molecule has 0 radical (unpaired) electrons. The summed E-state index contributed by atoms with van der Waals surface area (Å²) >= 11 is 0. The minimum absolute atomic E-state index is 0.140. The summed E-state index contributed by atoms with van der Waals surface area (Å²) in [6.45, 7) is 3.09. The van der Waals surface area contributed by atoms with Gasteiger partial charge in [0.25, 0.3) is 0 Å². The minimum Gasteiger partial charge on any atom is -0.299 e. The molecule has 0 bridgehead atoms. The van der Waals surface area contributed by atoms with Crippen LogP contribution in [-0.2, 0) is 23.0 Å². The predicted octanol–water partition coefficient (Wildman–Crippen LogP) is 2.90. The van der Waals surface area contributed by atoms with Crippen LogP contribution < -0.4 is 5.14 Å². The van der Waals surface area contributed by atoms with Gasteiger partial charge in [0.1, 0.15) is 11.5 Å². The second-order valence-corrected chi connectivity index (χ2v) is 9.07. The molecule has 0 unspecified atom stereocenters. The predicted molar refractivity (Wildman–Crippen MR) is 115 cm³/mol. The molecular formula is C22H24FN5O2S. The number of aromatic nitrogens is 2. The lowest BCUT2D eigenvalue weighted by Gasteiger charge is -2.12. The number of hydrogen-bond acceptors (Lipinski definition) is 5. The first-order valence-corrected chi connectivity index (χ1v) is 11.2. The first-order valence-electron chi connectivity index (χ1n) is 9.69. The van der Waals surface area contributed by atoms with Crippen LogP contribution in [0.15, 0.2) is 53.4 Å². The van der Waals surface area contributed by atoms with Crippen molar-refractivity contribution < 1.29 is 12.8 Å². The van der Waals surface area contributed by atoms with Crippen molar-refractivity contribution in [3.05, 3.63) is 76.9 Å². The molecule has 0 saturated heterocycles. The Kier molecular flexibility index (Phi) is 6.85. The van der Waals surface area contributed by atoms with Gasteiger partial charge in [-0.15, -0.1) is 0 Å². The molecule has 3 rings (SSSR count). The topological polar surface area (TPSA) is 105 Å². The zero-order valence-corrected chi connectivity index (χ0v) is 18.2. The summed E-state index contributed by atoms with van der Waals surface area (Å²) in [6.07, 6.45) is 0.921. The summed E-state index contributed by atoms with van der Waals surface area (Å²) in [7, 11) is -2.12. The zero-order chi connectivity index (χ0) is 22.6. The third-order valence-corrected chi connectivity index (χ3v) is 5.73. The van der Waals surface area contributed by atoms with Crippen LogP contribution in [0.5, 0.6) is 0 Å². The normalized spacial score (nSPS) is 11.6. The molecule has 31 heavy (non-hydrogen) atoms. The van der Waals surface area contributed by atoms with E-state index < -0.39 is 15.8 Å². The van der Waals surface area contributed by atoms with Crippen molar-refractivity contribution in [2.45, 2.75) is 31.2 Å². The number of rotatable bonds is 8. The molecular weight excluding hydrogens is 417 g/mol. The van der Waals surface area contributed by atoms with E-state index in [1.807, 2.05) is 43.1 Å². The van der Waals surface area contributed by atoms with Gasteiger partial charge in [-0.1, -0.05) is 29.8 Å². The Morgan fingerprint density at radius 1 is 1.23 bits per heavy atom. The number of hydrogen-bond donors (Lipinski definition) is 1. The van der Waals surface area contributed by atoms with E-state index in [0.717, 1.165) is 28.6 Å². The van der Waals surface area contributed by atoms with Gasteiger partial charge in [0.15, 0.2) is 0 Å². The maximum Gasteiger partial charge on any atom is 0.238 e. The second kappa shape index (κ2) is 9.39. The maximum atomic E-state index is 14.9. The van der Waals surface area contributed by atoms with E-state index in [1.54, 1.807) is 0 Å². The van der Waals surface area contributed by atoms with Crippen LogP contribution in [-0.4, -0.2) is 36.7 Å². The molecule has 0 spiro atoms. The Morgan fingerprint density at radius 3 is 2.65 bits per heavy atom. The van der Waals surface area contributed by atoms with Crippen molar-refractivity contribution in [1.82, 2.24) is 14.7 Å². The van der Waals surface area contributed by atoms with Gasteiger partial charge in [0.2, 0.25) is 10.0 Å². The molecule has 0 saturated carbocycles. The van der Waals surface area contributed by atoms with Crippen LogP contribution in [0.3, 0.4) is 0 Å². The van der Waals surface area contributed by atoms with Gasteiger partial charge >= 0.3 is 0 Å². The standard InChI is InChI=1S/C22H24FN5O2S/c1-16-5-3-6-17(11-16)12-19-13-18(15-27(2)10-4-9-24)26-28(19)22-8-7-20(14-21(22)23)31(25,29)30/h3,5-8,11,13-14H,4,10,12,15H2,1-2H3,(H2,25,29,30). The number of nitrogens with two attached hydrogens (primary N) is 1. The van der Waals surface area contributed by atoms with Crippen LogP contribution in [0.1, 0.15) is 28.9 Å². The summed E-state index contributed by atoms with van der Waals surface area (Å²) in [5, 5.41) is 18.5. The highest BCUT2D eigenvalue weighted by Crippen LogP contribution is 2.22. The van der Waals surface area contributed by atoms with E-state index in [-0.39, 0.29) is 10.6 Å². The van der Waals surface area contributed by atoms with Crippen LogP contribution in [0.2, 0.25) is 0 Å². The van der Waals surface area contributed by atoms with E-state index >= 15 is 0 Å². The Labute approximate surface area is 181 Å². The Hall–Kier alpha value is -3.06. The van der Waals surface area contributed by atoms with Gasteiger partial charge in [-0.3, -0.25) is 4.90 Å². The summed E-state index contributed by atoms with van der Waals surface area (Å²) in [4.78, 5) is 1.67. The SMILES string of the molecule is Cc1cccc(Cc2cc(CN(C)CCC#N)nn2-c2ccc(S(N)(=O)=O)cc2F)c1. The Balaban J connectivity index is 2.01. The molecule has 162 valence electrons. The summed E-state index contributed by atoms with van der Waals surface area (Å²) < 4.78 is 39.4. The van der Waals surface area contributed by atoms with Gasteiger partial charge in [-0.25, -0.2) is 22.6 Å². The smallest absolute Gasteiger partial charge is 0.238 e. The molecule has 0 aliphatic rings. The average Bonchev–Trinajstić information content (AvgIpc) is 3.07. The average molecular weight is 442 g/mol. The van der Waals surface area contributed by atoms with Crippen molar-refractivity contribution in [3.8, 4) is 11.8 Å². The van der Waals surface area contributed by atoms with E-state index in [4.69, 9.17) is 10.4 Å². The molecule has 0 aliphatic carbocycles. The zero-order valence-electron chi connectivity index (χ0n) is 17.4. The Morgan fingerprint density at radius 2 is 2.00 bits per heavy atom. The Bertz CT molecular complexity index is 1230. The third kappa shape index (κ3) is 5.76. The van der Waals surface area contributed by atoms with E-state index in [9.17, 15) is 12.8 Å². The first-order chi connectivity index (χ1) is 14.7. The number of halogens is 1. The number of sulfonamides is 1. The van der Waals surface area contributed by atoms with E-state index in [1.165, 1.54) is 16.8 Å². The number of benzene rings is 2. The third-order valence-electron chi connectivity index (χ3n) is 4.81. The quantitative estimate of drug-likeness (QED) is 0.579. The lowest BCUT2D eigenvalue weighted by molar-refractivity contribution is 0.330. The van der Waals surface area contributed by atoms with Gasteiger partial charge in [0.05, 0.1) is 16.7 Å². The maximum absolute atomic E-state index is 14.9. The van der Waals surface area contributed by atoms with Crippen LogP contribution in [0, 0.1) is 24.1 Å². The van der Waals surface area contributed by atoms with Gasteiger partial charge in [0, 0.05) is 31.6 Å². The lowest BCUT2D eigenvalue weighted by Crippen LogP contribution is -2.19. The number of primary sulfonamides is 1. The fourth-order valence-corrected chi connectivity index (χ4v) is 3.88. The van der Waals surface area contributed by atoms with Gasteiger partial charge in [-0.05, 0) is 43.8 Å². The molecule has 1 aromatic heterocycles. The molecule has 7 nitrogen and oxygen atoms in total. The monoisotopic (exact) mass is 441 g/mol. The number of nitrogens with zero attached hydrogens (tertiary/aromatic N) is 4. The molecule has 2 N–H and O–H groups in total. The van der Waals surface area contributed by atoms with E-state index in [2.05, 4.69) is 17.2 Å². The fourth-order valence-electron chi connectivity index (χ4n) is 3.35.